The number of aliphatic hydroxyl groups is 1. The van der Waals surface area contributed by atoms with Crippen molar-refractivity contribution in [2.45, 2.75) is 54.9 Å². The highest BCUT2D eigenvalue weighted by Crippen LogP contribution is 2.44. The van der Waals surface area contributed by atoms with E-state index in [0.717, 1.165) is 27.5 Å². The van der Waals surface area contributed by atoms with Crippen LogP contribution >= 0.6 is 23.1 Å². The van der Waals surface area contributed by atoms with E-state index in [-0.39, 0.29) is 103 Å². The summed E-state index contributed by atoms with van der Waals surface area (Å²) in [5, 5.41) is 59.6. The Hall–Kier alpha value is -7.34. The number of thiazole rings is 1. The molecular weight excluding hydrogens is 1190 g/mol. The topological polar surface area (TPSA) is 447 Å². The van der Waals surface area contributed by atoms with Crippen molar-refractivity contribution >= 4 is 145 Å². The van der Waals surface area contributed by atoms with Crippen molar-refractivity contribution < 1.29 is 79.5 Å². The van der Waals surface area contributed by atoms with E-state index in [0.29, 0.717) is 31.5 Å². The van der Waals surface area contributed by atoms with Gasteiger partial charge in [-0.1, -0.05) is 35.6 Å². The molecule has 28 nitrogen and oxygen atoms in total. The monoisotopic (exact) mass is 1230 g/mol. The molecule has 5 aromatic carbocycles. The van der Waals surface area contributed by atoms with Gasteiger partial charge in [-0.3, -0.25) is 22.6 Å². The van der Waals surface area contributed by atoms with Gasteiger partial charge in [0.05, 0.1) is 52.0 Å². The summed E-state index contributed by atoms with van der Waals surface area (Å²) in [4.78, 5) is 7.98. The Balaban J connectivity index is 0.00000223. The van der Waals surface area contributed by atoms with Crippen LogP contribution in [0.5, 0.6) is 11.6 Å². The van der Waals surface area contributed by atoms with Crippen LogP contribution in [0.4, 0.5) is 33.6 Å². The Kier molecular flexibility index (Phi) is 18.2. The minimum absolute atomic E-state index is 0.000547. The van der Waals surface area contributed by atoms with Crippen LogP contribution in [-0.4, -0.2) is 113 Å². The molecule has 35 heteroatoms. The van der Waals surface area contributed by atoms with Gasteiger partial charge in [0.1, 0.15) is 43.9 Å². The van der Waals surface area contributed by atoms with E-state index >= 15 is 0 Å². The van der Waals surface area contributed by atoms with Gasteiger partial charge in [0.15, 0.2) is 11.3 Å². The van der Waals surface area contributed by atoms with Gasteiger partial charge in [-0.15, -0.1) is 50.0 Å². The summed E-state index contributed by atoms with van der Waals surface area (Å²) < 4.78 is 167. The number of hydrogen-bond acceptors (Lipinski definition) is 25. The maximum atomic E-state index is 12.4. The molecular formula is C45H40N10O18S7. The molecule has 0 bridgehead atoms. The number of nitrogens with zero attached hydrogens (tertiary/aromatic N) is 10. The molecule has 0 aliphatic carbocycles. The molecule has 0 amide bonds. The van der Waals surface area contributed by atoms with Crippen molar-refractivity contribution in [1.29, 1.82) is 5.26 Å². The molecule has 3 aromatic heterocycles. The molecule has 6 N–H and O–H groups in total. The molecule has 0 saturated carbocycles. The number of aliphatic hydroxyl groups excluding tert-OH is 1. The molecule has 0 fully saturated rings. The summed E-state index contributed by atoms with van der Waals surface area (Å²) in [5.74, 6) is -1.76. The number of azo groups is 3. The number of aryl methyl sites for hydroxylation is 2. The lowest BCUT2D eigenvalue weighted by molar-refractivity contribution is 0.282. The Morgan fingerprint density at radius 1 is 0.738 bits per heavy atom. The Labute approximate surface area is 463 Å². The van der Waals surface area contributed by atoms with Crippen LogP contribution < -0.4 is 4.74 Å². The van der Waals surface area contributed by atoms with Crippen LogP contribution in [0, 0.1) is 32.1 Å². The third-order valence-electron chi connectivity index (χ3n) is 11.2. The molecule has 0 radical (unpaired) electrons. The SMILES string of the molecule is Cc1cc(S(=O)(=O)O)c2nc3c(C#N)c(C)c(N=Nc4cc(C)c(N=Nc5cc(CO)c(N=Nc6nc7c(S(=O)(=O)O)cc8ccccc8c7s6)cc5SCCCS(=O)(=O)O)cc4OCCCS(=O)(=O)O)c(O)n3c2c1.O=S(=O)=O. The predicted molar refractivity (Wildman–Crippen MR) is 289 cm³/mol. The fourth-order valence-corrected chi connectivity index (χ4v) is 12.3. The zero-order valence-corrected chi connectivity index (χ0v) is 46.9. The number of nitriles is 1. The summed E-state index contributed by atoms with van der Waals surface area (Å²) in [5.41, 5.74) is 0.631. The minimum Gasteiger partial charge on any atom is -0.493 e. The number of aromatic hydroxyl groups is 1. The van der Waals surface area contributed by atoms with Gasteiger partial charge in [-0.2, -0.15) is 44.0 Å². The number of ether oxygens (including phenoxy) is 1. The molecule has 0 saturated heterocycles. The molecule has 8 rings (SSSR count). The number of fused-ring (bicyclic) bond motifs is 6. The molecule has 8 aromatic rings. The van der Waals surface area contributed by atoms with Crippen LogP contribution in [0.1, 0.15) is 40.7 Å². The lowest BCUT2D eigenvalue weighted by Crippen LogP contribution is -2.08. The molecule has 80 heavy (non-hydrogen) atoms. The first-order valence-electron chi connectivity index (χ1n) is 22.4. The lowest BCUT2D eigenvalue weighted by Gasteiger charge is -2.12. The van der Waals surface area contributed by atoms with Gasteiger partial charge in [0, 0.05) is 27.5 Å². The average Bonchev–Trinajstić information content (AvgIpc) is 3.97. The normalized spacial score (nSPS) is 12.6. The maximum Gasteiger partial charge on any atom is 0.425 e. The van der Waals surface area contributed by atoms with Crippen molar-refractivity contribution in [2.75, 3.05) is 23.9 Å². The largest absolute Gasteiger partial charge is 0.493 e. The van der Waals surface area contributed by atoms with E-state index < -0.39 is 84.9 Å². The van der Waals surface area contributed by atoms with E-state index in [2.05, 4.69) is 40.7 Å². The third-order valence-corrected chi connectivity index (χ3v) is 16.7. The standard InChI is InChI=1S/C45H40N10O15S6.O3S/c1-23-14-34-40(37(15-23)75(64,65)66)47-43-29(21-46)25(3)39(44(57)55(34)43)53-51-32-16-24(2)30(19-35(32)70-10-6-12-73(58,59)60)49-52-33-17-27(22-56)31(20-36(33)71-11-7-13-74(61,62)63)50-54-45-48-41-38(76(67,68)69)18-26-8-4-5-9-28(26)42(41)72-45;1-4(2)3/h4-5,8-9,14-20,56-57H,6-7,10-13,22H2,1-3H3,(H,58,59,60)(H,61,62,63)(H,64,65,66)(H,67,68,69);. The molecule has 0 aliphatic rings. The van der Waals surface area contributed by atoms with Crippen molar-refractivity contribution in [3.63, 3.8) is 0 Å². The Morgan fingerprint density at radius 2 is 1.36 bits per heavy atom. The van der Waals surface area contributed by atoms with Crippen molar-refractivity contribution in [1.82, 2.24) is 14.4 Å². The smallest absolute Gasteiger partial charge is 0.425 e. The van der Waals surface area contributed by atoms with Crippen LogP contribution in [0.25, 0.3) is 37.7 Å². The van der Waals surface area contributed by atoms with Gasteiger partial charge in [0.2, 0.25) is 11.0 Å². The van der Waals surface area contributed by atoms with Crippen LogP contribution in [-0.2, 0) is 57.7 Å². The quantitative estimate of drug-likeness (QED) is 0.0190. The highest BCUT2D eigenvalue weighted by Gasteiger charge is 2.26. The van der Waals surface area contributed by atoms with Gasteiger partial charge < -0.3 is 14.9 Å². The summed E-state index contributed by atoms with van der Waals surface area (Å²) in [6.07, 6.45) is -0.188. The molecule has 0 atom stereocenters. The predicted octanol–water partition coefficient (Wildman–Crippen LogP) is 9.01. The van der Waals surface area contributed by atoms with E-state index in [1.165, 1.54) is 49.4 Å². The highest BCUT2D eigenvalue weighted by molar-refractivity contribution is 7.99. The Morgan fingerprint density at radius 3 is 2.01 bits per heavy atom. The van der Waals surface area contributed by atoms with Crippen LogP contribution in [0.15, 0.2) is 112 Å². The van der Waals surface area contributed by atoms with Gasteiger partial charge >= 0.3 is 10.6 Å². The van der Waals surface area contributed by atoms with Crippen molar-refractivity contribution in [2.24, 2.45) is 30.7 Å². The van der Waals surface area contributed by atoms with Crippen molar-refractivity contribution in [3.05, 3.63) is 94.5 Å². The van der Waals surface area contributed by atoms with E-state index in [1.807, 2.05) is 6.07 Å². The molecule has 420 valence electrons. The Bertz CT molecular complexity index is 4560. The molecule has 0 aliphatic heterocycles. The number of thioether (sulfide) groups is 1. The second kappa shape index (κ2) is 24.2. The van der Waals surface area contributed by atoms with Gasteiger partial charge in [-0.25, -0.2) is 9.97 Å². The third kappa shape index (κ3) is 14.3. The highest BCUT2D eigenvalue weighted by atomic mass is 32.2. The molecule has 0 spiro atoms. The number of aromatic nitrogens is 3. The minimum atomic E-state index is -4.81. The van der Waals surface area contributed by atoms with Gasteiger partial charge in [-0.05, 0) is 92.3 Å². The van der Waals surface area contributed by atoms with E-state index in [1.54, 1.807) is 38.1 Å². The number of hydrogen-bond donors (Lipinski definition) is 6. The average molecular weight is 1230 g/mol. The van der Waals surface area contributed by atoms with Crippen LogP contribution in [0.2, 0.25) is 0 Å². The lowest BCUT2D eigenvalue weighted by atomic mass is 10.1. The van der Waals surface area contributed by atoms with E-state index in [9.17, 15) is 67.4 Å². The number of benzene rings is 5. The first kappa shape index (κ1) is 60.3. The zero-order chi connectivity index (χ0) is 58.6. The second-order valence-corrected chi connectivity index (χ2v) is 25.3. The summed E-state index contributed by atoms with van der Waals surface area (Å²) in [6, 6.07) is 18.6. The first-order chi connectivity index (χ1) is 37.5. The van der Waals surface area contributed by atoms with Gasteiger partial charge in [0.25, 0.3) is 40.5 Å². The fourth-order valence-electron chi connectivity index (χ4n) is 7.74. The number of pyridine rings is 1. The summed E-state index contributed by atoms with van der Waals surface area (Å²) >= 11 is 2.10. The number of rotatable bonds is 19. The number of imidazole rings is 1. The molecule has 0 unspecified atom stereocenters. The van der Waals surface area contributed by atoms with E-state index in [4.69, 9.17) is 17.4 Å². The molecule has 3 heterocycles. The maximum absolute atomic E-state index is 12.4. The first-order valence-corrected chi connectivity index (χ1v) is 31.3. The van der Waals surface area contributed by atoms with Crippen molar-refractivity contribution in [3.8, 4) is 17.7 Å². The second-order valence-electron chi connectivity index (χ2n) is 16.9. The summed E-state index contributed by atoms with van der Waals surface area (Å²) in [7, 11) is -21.3. The zero-order valence-electron chi connectivity index (χ0n) is 41.2. The van der Waals surface area contributed by atoms with Crippen LogP contribution in [0.3, 0.4) is 0 Å². The fraction of sp³-hybridized carbons (Fsp3) is 0.222. The summed E-state index contributed by atoms with van der Waals surface area (Å²) in [6.45, 7) is 3.70.